The number of amides is 1. The third-order valence-electron chi connectivity index (χ3n) is 3.51. The maximum absolute atomic E-state index is 12.2. The quantitative estimate of drug-likeness (QED) is 0.700. The fraction of sp³-hybridized carbons (Fsp3) is 0.176. The Morgan fingerprint density at radius 2 is 1.89 bits per heavy atom. The topological polar surface area (TPSA) is 125 Å². The lowest BCUT2D eigenvalue weighted by atomic mass is 10.2. The van der Waals surface area contributed by atoms with E-state index in [4.69, 9.17) is 26.2 Å². The van der Waals surface area contributed by atoms with Gasteiger partial charge >= 0.3 is 5.97 Å². The monoisotopic (exact) mass is 412 g/mol. The Hall–Kier alpha value is -2.62. The summed E-state index contributed by atoms with van der Waals surface area (Å²) in [5, 5.41) is 8.07. The third kappa shape index (κ3) is 5.43. The molecule has 27 heavy (non-hydrogen) atoms. The molecule has 0 atom stereocenters. The molecule has 0 spiro atoms. The molecule has 0 saturated carbocycles. The second-order valence-electron chi connectivity index (χ2n) is 5.50. The summed E-state index contributed by atoms with van der Waals surface area (Å²) in [5.74, 6) is -1.45. The molecule has 2 aromatic rings. The van der Waals surface area contributed by atoms with Crippen molar-refractivity contribution in [3.8, 4) is 5.75 Å². The van der Waals surface area contributed by atoms with Crippen LogP contribution in [0.3, 0.4) is 0 Å². The highest BCUT2D eigenvalue weighted by molar-refractivity contribution is 7.89. The Morgan fingerprint density at radius 3 is 2.48 bits per heavy atom. The molecule has 3 N–H and O–H groups in total. The maximum atomic E-state index is 12.2. The number of esters is 1. The van der Waals surface area contributed by atoms with Gasteiger partial charge in [-0.05, 0) is 42.8 Å². The molecule has 0 aliphatic rings. The summed E-state index contributed by atoms with van der Waals surface area (Å²) in [6.07, 6.45) is 0. The van der Waals surface area contributed by atoms with Crippen LogP contribution in [0.25, 0.3) is 0 Å². The van der Waals surface area contributed by atoms with E-state index in [1.165, 1.54) is 19.2 Å². The first-order valence-electron chi connectivity index (χ1n) is 7.56. The van der Waals surface area contributed by atoms with Crippen molar-refractivity contribution >= 4 is 39.2 Å². The van der Waals surface area contributed by atoms with Gasteiger partial charge in [-0.3, -0.25) is 4.79 Å². The first-order valence-corrected chi connectivity index (χ1v) is 9.48. The van der Waals surface area contributed by atoms with E-state index < -0.39 is 28.5 Å². The lowest BCUT2D eigenvalue weighted by molar-refractivity contribution is -0.119. The molecule has 10 heteroatoms. The van der Waals surface area contributed by atoms with Crippen LogP contribution in [0.1, 0.15) is 15.9 Å². The SMILES string of the molecule is COc1ccc(S(N)(=O)=O)cc1C(=O)OCC(=O)Nc1ccc(C)c(Cl)c1. The molecule has 2 rings (SSSR count). The zero-order valence-electron chi connectivity index (χ0n) is 14.5. The van der Waals surface area contributed by atoms with Crippen LogP contribution in [0.4, 0.5) is 5.69 Å². The fourth-order valence-corrected chi connectivity index (χ4v) is 2.82. The number of carbonyl (C=O) groups excluding carboxylic acids is 2. The molecule has 0 heterocycles. The lowest BCUT2D eigenvalue weighted by Crippen LogP contribution is -2.21. The van der Waals surface area contributed by atoms with Gasteiger partial charge in [0.1, 0.15) is 11.3 Å². The Morgan fingerprint density at radius 1 is 1.19 bits per heavy atom. The van der Waals surface area contributed by atoms with E-state index in [-0.39, 0.29) is 16.2 Å². The summed E-state index contributed by atoms with van der Waals surface area (Å²) in [4.78, 5) is 23.9. The van der Waals surface area contributed by atoms with Crippen molar-refractivity contribution < 1.29 is 27.5 Å². The Labute approximate surface area is 161 Å². The van der Waals surface area contributed by atoms with E-state index >= 15 is 0 Å². The highest BCUT2D eigenvalue weighted by atomic mass is 35.5. The summed E-state index contributed by atoms with van der Waals surface area (Å²) in [6, 6.07) is 8.43. The molecule has 0 aliphatic carbocycles. The van der Waals surface area contributed by atoms with Gasteiger partial charge in [0.05, 0.1) is 12.0 Å². The van der Waals surface area contributed by atoms with E-state index in [0.29, 0.717) is 10.7 Å². The number of halogens is 1. The normalized spacial score (nSPS) is 11.0. The zero-order valence-corrected chi connectivity index (χ0v) is 16.1. The van der Waals surface area contributed by atoms with Gasteiger partial charge in [0.15, 0.2) is 6.61 Å². The number of methoxy groups -OCH3 is 1. The van der Waals surface area contributed by atoms with Crippen molar-refractivity contribution in [2.24, 2.45) is 5.14 Å². The van der Waals surface area contributed by atoms with Gasteiger partial charge in [0.2, 0.25) is 10.0 Å². The summed E-state index contributed by atoms with van der Waals surface area (Å²) < 4.78 is 32.8. The third-order valence-corrected chi connectivity index (χ3v) is 4.83. The van der Waals surface area contributed by atoms with Crippen LogP contribution < -0.4 is 15.2 Å². The molecule has 0 saturated heterocycles. The largest absolute Gasteiger partial charge is 0.496 e. The van der Waals surface area contributed by atoms with Gasteiger partial charge in [-0.15, -0.1) is 0 Å². The van der Waals surface area contributed by atoms with Crippen molar-refractivity contribution in [2.75, 3.05) is 19.0 Å². The molecule has 0 radical (unpaired) electrons. The van der Waals surface area contributed by atoms with Gasteiger partial charge in [-0.1, -0.05) is 17.7 Å². The second-order valence-corrected chi connectivity index (χ2v) is 7.46. The highest BCUT2D eigenvalue weighted by Crippen LogP contribution is 2.23. The van der Waals surface area contributed by atoms with Crippen molar-refractivity contribution in [2.45, 2.75) is 11.8 Å². The fourth-order valence-electron chi connectivity index (χ4n) is 2.10. The van der Waals surface area contributed by atoms with Crippen LogP contribution in [0.5, 0.6) is 5.75 Å². The van der Waals surface area contributed by atoms with Crippen molar-refractivity contribution in [3.63, 3.8) is 0 Å². The van der Waals surface area contributed by atoms with Crippen LogP contribution in [0, 0.1) is 6.92 Å². The Kier molecular flexibility index (Phi) is 6.42. The first kappa shape index (κ1) is 20.7. The number of hydrogen-bond donors (Lipinski definition) is 2. The number of benzene rings is 2. The summed E-state index contributed by atoms with van der Waals surface area (Å²) in [7, 11) is -2.72. The molecule has 8 nitrogen and oxygen atoms in total. The van der Waals surface area contributed by atoms with Crippen LogP contribution in [0.15, 0.2) is 41.3 Å². The number of carbonyl (C=O) groups is 2. The number of ether oxygens (including phenoxy) is 2. The number of anilines is 1. The minimum absolute atomic E-state index is 0.0816. The van der Waals surface area contributed by atoms with Crippen LogP contribution >= 0.6 is 11.6 Å². The lowest BCUT2D eigenvalue weighted by Gasteiger charge is -2.11. The Balaban J connectivity index is 2.08. The summed E-state index contributed by atoms with van der Waals surface area (Å²) >= 11 is 5.98. The Bertz CT molecular complexity index is 991. The average Bonchev–Trinajstić information content (AvgIpc) is 2.61. The number of nitrogens with one attached hydrogen (secondary N) is 1. The number of nitrogens with two attached hydrogens (primary N) is 1. The molecular formula is C17H17ClN2O6S. The van der Waals surface area contributed by atoms with Crippen LogP contribution in [-0.2, 0) is 19.6 Å². The highest BCUT2D eigenvalue weighted by Gasteiger charge is 2.19. The number of primary sulfonamides is 1. The number of aryl methyl sites for hydroxylation is 1. The molecule has 0 aliphatic heterocycles. The van der Waals surface area contributed by atoms with Gasteiger partial charge in [-0.2, -0.15) is 0 Å². The molecule has 0 bridgehead atoms. The number of sulfonamides is 1. The minimum atomic E-state index is -4.02. The molecule has 144 valence electrons. The van der Waals surface area contributed by atoms with E-state index in [9.17, 15) is 18.0 Å². The second kappa shape index (κ2) is 8.38. The summed E-state index contributed by atoms with van der Waals surface area (Å²) in [5.41, 5.74) is 1.12. The predicted octanol–water partition coefficient (Wildman–Crippen LogP) is 2.10. The number of rotatable bonds is 6. The van der Waals surface area contributed by atoms with Gasteiger partial charge < -0.3 is 14.8 Å². The van der Waals surface area contributed by atoms with Gasteiger partial charge in [-0.25, -0.2) is 18.4 Å². The van der Waals surface area contributed by atoms with E-state index in [1.54, 1.807) is 18.2 Å². The molecule has 0 fully saturated rings. The smallest absolute Gasteiger partial charge is 0.342 e. The average molecular weight is 413 g/mol. The van der Waals surface area contributed by atoms with Crippen LogP contribution in [0.2, 0.25) is 5.02 Å². The first-order chi connectivity index (χ1) is 12.6. The van der Waals surface area contributed by atoms with Crippen LogP contribution in [-0.4, -0.2) is 34.0 Å². The van der Waals surface area contributed by atoms with Crippen molar-refractivity contribution in [1.82, 2.24) is 0 Å². The van der Waals surface area contributed by atoms with Gasteiger partial charge in [0, 0.05) is 10.7 Å². The zero-order chi connectivity index (χ0) is 20.2. The van der Waals surface area contributed by atoms with E-state index in [0.717, 1.165) is 11.6 Å². The summed E-state index contributed by atoms with van der Waals surface area (Å²) in [6.45, 7) is 1.23. The molecule has 0 unspecified atom stereocenters. The molecule has 1 amide bonds. The molecule has 0 aromatic heterocycles. The minimum Gasteiger partial charge on any atom is -0.496 e. The van der Waals surface area contributed by atoms with E-state index in [1.807, 2.05) is 6.92 Å². The van der Waals surface area contributed by atoms with E-state index in [2.05, 4.69) is 5.32 Å². The molecule has 2 aromatic carbocycles. The van der Waals surface area contributed by atoms with Crippen molar-refractivity contribution in [3.05, 3.63) is 52.5 Å². The van der Waals surface area contributed by atoms with Crippen molar-refractivity contribution in [1.29, 1.82) is 0 Å². The molecular weight excluding hydrogens is 396 g/mol. The number of hydrogen-bond acceptors (Lipinski definition) is 6. The van der Waals surface area contributed by atoms with Gasteiger partial charge in [0.25, 0.3) is 5.91 Å². The predicted molar refractivity (Wildman–Crippen MR) is 99.5 cm³/mol. The maximum Gasteiger partial charge on any atom is 0.342 e. The standard InChI is InChI=1S/C17H17ClN2O6S/c1-10-3-4-11(7-14(10)18)20-16(21)9-26-17(22)13-8-12(27(19,23)24)5-6-15(13)25-2/h3-8H,9H2,1-2H3,(H,20,21)(H2,19,23,24).